The zero-order valence-electron chi connectivity index (χ0n) is 23.9. The Balaban J connectivity index is 1.52. The van der Waals surface area contributed by atoms with E-state index in [1.807, 2.05) is 62.4 Å². The molecule has 41 heavy (non-hydrogen) atoms. The summed E-state index contributed by atoms with van der Waals surface area (Å²) in [5.74, 6) is -2.29. The molecule has 0 saturated carbocycles. The van der Waals surface area contributed by atoms with Crippen LogP contribution >= 0.6 is 0 Å². The Morgan fingerprint density at radius 1 is 1.10 bits per heavy atom. The third kappa shape index (κ3) is 4.89. The maximum absolute atomic E-state index is 14.5. The van der Waals surface area contributed by atoms with Crippen LogP contribution in [-0.2, 0) is 25.7 Å². The molecule has 3 amide bonds. The number of carbonyl (C=O) groups is 3. The number of hydrogen-bond donors (Lipinski definition) is 1. The van der Waals surface area contributed by atoms with Crippen molar-refractivity contribution in [2.45, 2.75) is 51.0 Å². The number of fused-ring (bicyclic) bond motifs is 1. The lowest BCUT2D eigenvalue weighted by atomic mass is 9.70. The first kappa shape index (κ1) is 28.8. The largest absolute Gasteiger partial charge is 0.395 e. The lowest BCUT2D eigenvalue weighted by molar-refractivity contribution is -0.145. The Kier molecular flexibility index (Phi) is 8.16. The smallest absolute Gasteiger partial charge is 0.253 e. The molecule has 0 aliphatic carbocycles. The minimum atomic E-state index is -1.14. The summed E-state index contributed by atoms with van der Waals surface area (Å²) in [7, 11) is 0. The number of carbonyl (C=O) groups excluding carboxylic acids is 3. The number of aryl methyl sites for hydroxylation is 2. The summed E-state index contributed by atoms with van der Waals surface area (Å²) in [5.41, 5.74) is 2.50. The Bertz CT molecular complexity index is 1340. The van der Waals surface area contributed by atoms with Gasteiger partial charge in [-0.25, -0.2) is 0 Å². The highest BCUT2D eigenvalue weighted by Crippen LogP contribution is 2.59. The summed E-state index contributed by atoms with van der Waals surface area (Å²) in [4.78, 5) is 47.6. The number of anilines is 1. The van der Waals surface area contributed by atoms with E-state index in [9.17, 15) is 19.5 Å². The number of rotatable bonds is 11. The molecule has 3 aliphatic rings. The summed E-state index contributed by atoms with van der Waals surface area (Å²) >= 11 is 0. The molecule has 3 saturated heterocycles. The maximum atomic E-state index is 14.5. The van der Waals surface area contributed by atoms with Gasteiger partial charge >= 0.3 is 0 Å². The first-order valence-electron chi connectivity index (χ1n) is 14.3. The fourth-order valence-electron chi connectivity index (χ4n) is 7.06. The summed E-state index contributed by atoms with van der Waals surface area (Å²) in [6.45, 7) is 12.3. The minimum absolute atomic E-state index is 0.0163. The number of benzene rings is 2. The average Bonchev–Trinajstić information content (AvgIpc) is 3.60. The highest BCUT2D eigenvalue weighted by Gasteiger charge is 2.74. The Labute approximate surface area is 241 Å². The van der Waals surface area contributed by atoms with Crippen LogP contribution in [0.15, 0.2) is 73.8 Å². The lowest BCUT2D eigenvalue weighted by Gasteiger charge is -2.37. The number of aliphatic hydroxyl groups excluding tert-OH is 1. The van der Waals surface area contributed by atoms with Gasteiger partial charge in [0.25, 0.3) is 5.91 Å². The van der Waals surface area contributed by atoms with Gasteiger partial charge in [0, 0.05) is 31.9 Å². The zero-order valence-corrected chi connectivity index (χ0v) is 23.9. The third-order valence-electron chi connectivity index (χ3n) is 8.77. The molecule has 2 unspecified atom stereocenters. The van der Waals surface area contributed by atoms with Gasteiger partial charge in [-0.2, -0.15) is 0 Å². The van der Waals surface area contributed by atoms with Gasteiger partial charge in [0.05, 0.1) is 24.5 Å². The van der Waals surface area contributed by atoms with E-state index >= 15 is 0 Å². The first-order chi connectivity index (χ1) is 19.8. The van der Waals surface area contributed by atoms with Crippen LogP contribution in [0.5, 0.6) is 0 Å². The average molecular weight is 558 g/mol. The van der Waals surface area contributed by atoms with Crippen molar-refractivity contribution in [3.05, 3.63) is 90.5 Å². The van der Waals surface area contributed by atoms with E-state index < -0.39 is 29.6 Å². The predicted octanol–water partition coefficient (Wildman–Crippen LogP) is 3.40. The monoisotopic (exact) mass is 557 g/mol. The number of likely N-dealkylation sites (tertiary alicyclic amines) is 1. The van der Waals surface area contributed by atoms with Gasteiger partial charge in [0.1, 0.15) is 11.6 Å². The SMILES string of the molecule is C=CCN(Cc1ccccc1)C(=O)[C@@H]1[C@H]2C(=O)N(CCO)C(C(=O)N(CC=C)c3cc(C)ccc3C)C23CC[C@H]1O3. The van der Waals surface area contributed by atoms with E-state index in [2.05, 4.69) is 13.2 Å². The zero-order chi connectivity index (χ0) is 29.3. The number of nitrogens with zero attached hydrogens (tertiary/aromatic N) is 3. The fourth-order valence-corrected chi connectivity index (χ4v) is 7.06. The highest BCUT2D eigenvalue weighted by molar-refractivity contribution is 6.05. The van der Waals surface area contributed by atoms with E-state index in [0.717, 1.165) is 22.4 Å². The van der Waals surface area contributed by atoms with E-state index in [1.165, 1.54) is 4.90 Å². The lowest BCUT2D eigenvalue weighted by Crippen LogP contribution is -2.57. The van der Waals surface area contributed by atoms with Crippen LogP contribution in [0.1, 0.15) is 29.5 Å². The molecular formula is C33H39N3O5. The van der Waals surface area contributed by atoms with Gasteiger partial charge in [-0.05, 0) is 49.4 Å². The predicted molar refractivity (Wildman–Crippen MR) is 157 cm³/mol. The molecule has 2 aromatic rings. The van der Waals surface area contributed by atoms with Crippen LogP contribution in [0, 0.1) is 25.7 Å². The molecule has 0 radical (unpaired) electrons. The molecule has 8 nitrogen and oxygen atoms in total. The number of amides is 3. The quantitative estimate of drug-likeness (QED) is 0.428. The van der Waals surface area contributed by atoms with Gasteiger partial charge in [-0.15, -0.1) is 13.2 Å². The van der Waals surface area contributed by atoms with E-state index in [-0.39, 0.29) is 37.4 Å². The number of hydrogen-bond acceptors (Lipinski definition) is 5. The van der Waals surface area contributed by atoms with Crippen molar-refractivity contribution in [1.82, 2.24) is 9.80 Å². The van der Waals surface area contributed by atoms with Crippen LogP contribution < -0.4 is 4.90 Å². The second-order valence-corrected chi connectivity index (χ2v) is 11.3. The maximum Gasteiger partial charge on any atom is 0.253 e. The van der Waals surface area contributed by atoms with E-state index in [1.54, 1.807) is 22.0 Å². The van der Waals surface area contributed by atoms with Crippen molar-refractivity contribution >= 4 is 23.4 Å². The van der Waals surface area contributed by atoms with Crippen molar-refractivity contribution in [2.75, 3.05) is 31.1 Å². The van der Waals surface area contributed by atoms with Gasteiger partial charge in [-0.1, -0.05) is 54.6 Å². The van der Waals surface area contributed by atoms with Crippen molar-refractivity contribution in [2.24, 2.45) is 11.8 Å². The molecule has 5 rings (SSSR count). The molecule has 1 N–H and O–H groups in total. The van der Waals surface area contributed by atoms with E-state index in [0.29, 0.717) is 25.9 Å². The summed E-state index contributed by atoms with van der Waals surface area (Å²) in [5, 5.41) is 9.95. The molecule has 1 spiro atoms. The van der Waals surface area contributed by atoms with Crippen molar-refractivity contribution in [3.8, 4) is 0 Å². The molecule has 216 valence electrons. The molecule has 3 aliphatic heterocycles. The van der Waals surface area contributed by atoms with Crippen LogP contribution in [-0.4, -0.2) is 76.6 Å². The molecule has 2 aromatic carbocycles. The Morgan fingerprint density at radius 3 is 2.51 bits per heavy atom. The minimum Gasteiger partial charge on any atom is -0.395 e. The number of aliphatic hydroxyl groups is 1. The van der Waals surface area contributed by atoms with Crippen LogP contribution in [0.3, 0.4) is 0 Å². The van der Waals surface area contributed by atoms with Crippen molar-refractivity contribution in [1.29, 1.82) is 0 Å². The van der Waals surface area contributed by atoms with Gasteiger partial charge in [-0.3, -0.25) is 14.4 Å². The van der Waals surface area contributed by atoms with Crippen molar-refractivity contribution in [3.63, 3.8) is 0 Å². The summed E-state index contributed by atoms with van der Waals surface area (Å²) in [6.07, 6.45) is 3.96. The van der Waals surface area contributed by atoms with E-state index in [4.69, 9.17) is 4.74 Å². The molecule has 3 heterocycles. The molecule has 3 fully saturated rings. The highest BCUT2D eigenvalue weighted by atomic mass is 16.5. The van der Waals surface area contributed by atoms with Crippen LogP contribution in [0.4, 0.5) is 5.69 Å². The normalized spacial score (nSPS) is 26.1. The Morgan fingerprint density at radius 2 is 1.83 bits per heavy atom. The second-order valence-electron chi connectivity index (χ2n) is 11.3. The van der Waals surface area contributed by atoms with Gasteiger partial charge in [0.2, 0.25) is 11.8 Å². The number of β-amino-alcohol motifs (C(OH)–C–C–N with tert-alkyl or cyclic N) is 1. The summed E-state index contributed by atoms with van der Waals surface area (Å²) in [6, 6.07) is 14.6. The van der Waals surface area contributed by atoms with Crippen molar-refractivity contribution < 1.29 is 24.2 Å². The standard InChI is InChI=1S/C33H39N3O5/c1-5-16-34(21-24-10-8-7-9-11-24)30(38)27-26-14-15-33(41-26)28(27)31(39)36(18-19-37)29(33)32(40)35(17-6-2)25-20-22(3)12-13-23(25)4/h5-13,20,26-29,37H,1-2,14-19,21H2,3-4H3/t26-,27+,28+,29?,33?/m1/s1. The fraction of sp³-hybridized carbons (Fsp3) is 0.424. The number of ether oxygens (including phenoxy) is 1. The third-order valence-corrected chi connectivity index (χ3v) is 8.77. The topological polar surface area (TPSA) is 90.4 Å². The van der Waals surface area contributed by atoms with Gasteiger partial charge < -0.3 is 24.5 Å². The molecular weight excluding hydrogens is 518 g/mol. The Hall–Kier alpha value is -3.75. The van der Waals surface area contributed by atoms with Crippen LogP contribution in [0.2, 0.25) is 0 Å². The first-order valence-corrected chi connectivity index (χ1v) is 14.3. The van der Waals surface area contributed by atoms with Gasteiger partial charge in [0.15, 0.2) is 0 Å². The molecule has 0 aromatic heterocycles. The molecule has 5 atom stereocenters. The summed E-state index contributed by atoms with van der Waals surface area (Å²) < 4.78 is 6.60. The molecule has 8 heteroatoms. The van der Waals surface area contributed by atoms with Crippen LogP contribution in [0.25, 0.3) is 0 Å². The molecule has 2 bridgehead atoms. The second kappa shape index (κ2) is 11.6.